The largest absolute Gasteiger partial charge is 0.366 e. The zero-order valence-corrected chi connectivity index (χ0v) is 15.3. The molecule has 0 aliphatic rings. The molecule has 0 fully saturated rings. The van der Waals surface area contributed by atoms with Gasteiger partial charge >= 0.3 is 0 Å². The van der Waals surface area contributed by atoms with E-state index in [1.165, 1.54) is 4.90 Å². The van der Waals surface area contributed by atoms with Crippen LogP contribution < -0.4 is 16.0 Å². The number of amides is 3. The van der Waals surface area contributed by atoms with Crippen LogP contribution in [0.25, 0.3) is 0 Å². The van der Waals surface area contributed by atoms with E-state index in [4.69, 9.17) is 5.73 Å². The molecule has 0 aliphatic carbocycles. The highest BCUT2D eigenvalue weighted by molar-refractivity contribution is 6.07. The van der Waals surface area contributed by atoms with Gasteiger partial charge in [-0.1, -0.05) is 18.2 Å². The van der Waals surface area contributed by atoms with E-state index in [1.54, 1.807) is 79.8 Å². The molecule has 3 rings (SSSR count). The van der Waals surface area contributed by atoms with E-state index < -0.39 is 5.91 Å². The van der Waals surface area contributed by atoms with Crippen molar-refractivity contribution in [2.45, 2.75) is 0 Å². The van der Waals surface area contributed by atoms with E-state index in [1.807, 2.05) is 6.07 Å². The second kappa shape index (κ2) is 8.18. The summed E-state index contributed by atoms with van der Waals surface area (Å²) >= 11 is 0. The van der Waals surface area contributed by atoms with Gasteiger partial charge in [-0.25, -0.2) is 0 Å². The van der Waals surface area contributed by atoms with Crippen molar-refractivity contribution in [2.75, 3.05) is 17.3 Å². The number of nitrogens with zero attached hydrogens (tertiary/aromatic N) is 1. The third-order valence-electron chi connectivity index (χ3n) is 4.27. The van der Waals surface area contributed by atoms with E-state index in [2.05, 4.69) is 5.32 Å². The second-order valence-corrected chi connectivity index (χ2v) is 6.17. The zero-order valence-electron chi connectivity index (χ0n) is 15.3. The maximum absolute atomic E-state index is 12.7. The molecule has 0 saturated heterocycles. The number of hydrogen-bond acceptors (Lipinski definition) is 3. The minimum atomic E-state index is -0.520. The van der Waals surface area contributed by atoms with E-state index >= 15 is 0 Å². The van der Waals surface area contributed by atoms with Crippen molar-refractivity contribution in [1.82, 2.24) is 0 Å². The van der Waals surface area contributed by atoms with Gasteiger partial charge in [0.25, 0.3) is 11.8 Å². The Bertz CT molecular complexity index is 997. The standard InChI is InChI=1S/C22H19N3O3/c1-25(19-13-9-15(10-14-19)20(23)26)22(28)17-7-11-18(12-8-17)24-21(27)16-5-3-2-4-6-16/h2-14H,1H3,(H2,23,26)(H,24,27). The van der Waals surface area contributed by atoms with Gasteiger partial charge in [-0.05, 0) is 60.7 Å². The molecule has 6 nitrogen and oxygen atoms in total. The molecule has 3 N–H and O–H groups in total. The van der Waals surface area contributed by atoms with Gasteiger partial charge in [-0.2, -0.15) is 0 Å². The molecule has 0 unspecified atom stereocenters. The number of nitrogens with two attached hydrogens (primary N) is 1. The fraction of sp³-hybridized carbons (Fsp3) is 0.0455. The van der Waals surface area contributed by atoms with Crippen LogP contribution in [0.1, 0.15) is 31.1 Å². The Morgan fingerprint density at radius 3 is 1.89 bits per heavy atom. The molecule has 0 bridgehead atoms. The SMILES string of the molecule is CN(C(=O)c1ccc(NC(=O)c2ccccc2)cc1)c1ccc(C(N)=O)cc1. The van der Waals surface area contributed by atoms with E-state index in [0.717, 1.165) is 0 Å². The number of anilines is 2. The first-order chi connectivity index (χ1) is 13.5. The lowest BCUT2D eigenvalue weighted by Crippen LogP contribution is -2.26. The average Bonchev–Trinajstić information content (AvgIpc) is 2.74. The molecule has 140 valence electrons. The molecule has 6 heteroatoms. The third kappa shape index (κ3) is 4.24. The Morgan fingerprint density at radius 1 is 0.750 bits per heavy atom. The van der Waals surface area contributed by atoms with E-state index in [0.29, 0.717) is 28.1 Å². The van der Waals surface area contributed by atoms with Crippen LogP contribution in [0.5, 0.6) is 0 Å². The number of carbonyl (C=O) groups is 3. The molecular weight excluding hydrogens is 354 g/mol. The van der Waals surface area contributed by atoms with Crippen molar-refractivity contribution < 1.29 is 14.4 Å². The van der Waals surface area contributed by atoms with Gasteiger partial charge in [0.2, 0.25) is 5.91 Å². The number of nitrogens with one attached hydrogen (secondary N) is 1. The highest BCUT2D eigenvalue weighted by Gasteiger charge is 2.14. The topological polar surface area (TPSA) is 92.5 Å². The molecule has 0 aliphatic heterocycles. The Balaban J connectivity index is 1.69. The van der Waals surface area contributed by atoms with Crippen LogP contribution in [0.2, 0.25) is 0 Å². The van der Waals surface area contributed by atoms with Crippen molar-refractivity contribution in [1.29, 1.82) is 0 Å². The Labute approximate surface area is 162 Å². The fourth-order valence-electron chi connectivity index (χ4n) is 2.65. The number of carbonyl (C=O) groups excluding carboxylic acids is 3. The zero-order chi connectivity index (χ0) is 20.1. The summed E-state index contributed by atoms with van der Waals surface area (Å²) < 4.78 is 0. The predicted octanol–water partition coefficient (Wildman–Crippen LogP) is 3.31. The lowest BCUT2D eigenvalue weighted by Gasteiger charge is -2.18. The lowest BCUT2D eigenvalue weighted by atomic mass is 10.1. The van der Waals surface area contributed by atoms with Crippen LogP contribution in [-0.2, 0) is 0 Å². The molecule has 0 atom stereocenters. The monoisotopic (exact) mass is 373 g/mol. The second-order valence-electron chi connectivity index (χ2n) is 6.17. The first kappa shape index (κ1) is 18.8. The van der Waals surface area contributed by atoms with Crippen LogP contribution in [0.3, 0.4) is 0 Å². The van der Waals surface area contributed by atoms with Crippen LogP contribution >= 0.6 is 0 Å². The molecule has 0 radical (unpaired) electrons. The van der Waals surface area contributed by atoms with Crippen LogP contribution in [0.4, 0.5) is 11.4 Å². The fourth-order valence-corrected chi connectivity index (χ4v) is 2.65. The maximum Gasteiger partial charge on any atom is 0.258 e. The summed E-state index contributed by atoms with van der Waals surface area (Å²) in [6.45, 7) is 0. The van der Waals surface area contributed by atoms with Crippen molar-refractivity contribution >= 4 is 29.1 Å². The predicted molar refractivity (Wildman–Crippen MR) is 109 cm³/mol. The summed E-state index contributed by atoms with van der Waals surface area (Å²) in [7, 11) is 1.65. The van der Waals surface area contributed by atoms with Crippen molar-refractivity contribution in [3.8, 4) is 0 Å². The highest BCUT2D eigenvalue weighted by Crippen LogP contribution is 2.18. The van der Waals surface area contributed by atoms with Crippen molar-refractivity contribution in [3.05, 3.63) is 95.6 Å². The van der Waals surface area contributed by atoms with Crippen molar-refractivity contribution in [2.24, 2.45) is 5.73 Å². The summed E-state index contributed by atoms with van der Waals surface area (Å²) in [5, 5.41) is 2.79. The normalized spacial score (nSPS) is 10.2. The molecule has 3 amide bonds. The third-order valence-corrected chi connectivity index (χ3v) is 4.27. The molecule has 0 spiro atoms. The molecule has 0 heterocycles. The summed E-state index contributed by atoms with van der Waals surface area (Å²) in [6.07, 6.45) is 0. The maximum atomic E-state index is 12.7. The van der Waals surface area contributed by atoms with E-state index in [-0.39, 0.29) is 11.8 Å². The summed E-state index contributed by atoms with van der Waals surface area (Å²) in [5.41, 5.74) is 7.87. The van der Waals surface area contributed by atoms with Gasteiger partial charge in [0.05, 0.1) is 0 Å². The summed E-state index contributed by atoms with van der Waals surface area (Å²) in [6, 6.07) is 22.0. The highest BCUT2D eigenvalue weighted by atomic mass is 16.2. The number of primary amides is 1. The molecule has 0 aromatic heterocycles. The Kier molecular flexibility index (Phi) is 5.50. The summed E-state index contributed by atoms with van der Waals surface area (Å²) in [4.78, 5) is 37.5. The quantitative estimate of drug-likeness (QED) is 0.719. The Hall–Kier alpha value is -3.93. The van der Waals surface area contributed by atoms with Gasteiger partial charge in [0, 0.05) is 35.1 Å². The molecule has 0 saturated carbocycles. The molecule has 3 aromatic carbocycles. The van der Waals surface area contributed by atoms with E-state index in [9.17, 15) is 14.4 Å². The van der Waals surface area contributed by atoms with Crippen molar-refractivity contribution in [3.63, 3.8) is 0 Å². The smallest absolute Gasteiger partial charge is 0.258 e. The first-order valence-corrected chi connectivity index (χ1v) is 8.60. The van der Waals surface area contributed by atoms with Gasteiger partial charge in [0.1, 0.15) is 0 Å². The van der Waals surface area contributed by atoms with Gasteiger partial charge in [-0.3, -0.25) is 14.4 Å². The first-order valence-electron chi connectivity index (χ1n) is 8.60. The molecule has 3 aromatic rings. The van der Waals surface area contributed by atoms with Crippen LogP contribution in [-0.4, -0.2) is 24.8 Å². The minimum absolute atomic E-state index is 0.215. The van der Waals surface area contributed by atoms with Crippen LogP contribution in [0.15, 0.2) is 78.9 Å². The average molecular weight is 373 g/mol. The van der Waals surface area contributed by atoms with Gasteiger partial charge < -0.3 is 16.0 Å². The lowest BCUT2D eigenvalue weighted by molar-refractivity contribution is 0.0989. The summed E-state index contributed by atoms with van der Waals surface area (Å²) in [5.74, 6) is -0.951. The number of benzene rings is 3. The van der Waals surface area contributed by atoms with Gasteiger partial charge in [0.15, 0.2) is 0 Å². The number of rotatable bonds is 5. The minimum Gasteiger partial charge on any atom is -0.366 e. The molecule has 28 heavy (non-hydrogen) atoms. The Morgan fingerprint density at radius 2 is 1.32 bits per heavy atom. The molecular formula is C22H19N3O3. The van der Waals surface area contributed by atoms with Gasteiger partial charge in [-0.15, -0.1) is 0 Å². The van der Waals surface area contributed by atoms with Crippen LogP contribution in [0, 0.1) is 0 Å². The number of hydrogen-bond donors (Lipinski definition) is 2.